The second-order valence-electron chi connectivity index (χ2n) is 6.69. The number of carbonyl (C=O) groups is 2. The maximum absolute atomic E-state index is 12.0. The Morgan fingerprint density at radius 3 is 2.89 bits per heavy atom. The van der Waals surface area contributed by atoms with Gasteiger partial charge >= 0.3 is 0 Å². The molecule has 2 amide bonds. The van der Waals surface area contributed by atoms with Crippen molar-refractivity contribution in [3.05, 3.63) is 52.3 Å². The molecule has 1 fully saturated rings. The molecule has 1 aliphatic carbocycles. The monoisotopic (exact) mass is 402 g/mol. The summed E-state index contributed by atoms with van der Waals surface area (Å²) in [5.41, 5.74) is 2.38. The zero-order valence-corrected chi connectivity index (χ0v) is 16.6. The van der Waals surface area contributed by atoms with Crippen molar-refractivity contribution in [2.75, 3.05) is 13.7 Å². The molecule has 0 spiro atoms. The molecule has 8 heteroatoms. The quantitative estimate of drug-likeness (QED) is 0.663. The number of benzene rings is 1. The normalized spacial score (nSPS) is 13.5. The Hall–Kier alpha value is -2.80. The molecule has 0 saturated heterocycles. The topological polar surface area (TPSA) is 85.2 Å². The maximum atomic E-state index is 12.0. The molecule has 1 aliphatic rings. The van der Waals surface area contributed by atoms with E-state index in [1.54, 1.807) is 17.9 Å². The van der Waals surface area contributed by atoms with E-state index >= 15 is 0 Å². The van der Waals surface area contributed by atoms with E-state index in [0.29, 0.717) is 23.0 Å². The number of halogens is 1. The number of hydrogen-bond acceptors (Lipinski definition) is 4. The molecule has 0 aliphatic heterocycles. The third kappa shape index (κ3) is 5.36. The van der Waals surface area contributed by atoms with Crippen molar-refractivity contribution >= 4 is 29.5 Å². The highest BCUT2D eigenvalue weighted by atomic mass is 35.5. The molecule has 0 radical (unpaired) electrons. The number of rotatable bonds is 8. The Kier molecular flexibility index (Phi) is 6.36. The van der Waals surface area contributed by atoms with Crippen molar-refractivity contribution in [3.63, 3.8) is 0 Å². The van der Waals surface area contributed by atoms with Crippen LogP contribution >= 0.6 is 11.6 Å². The summed E-state index contributed by atoms with van der Waals surface area (Å²) in [5.74, 6) is 0.228. The minimum absolute atomic E-state index is 0.0402. The molecule has 1 aromatic heterocycles. The van der Waals surface area contributed by atoms with Gasteiger partial charge < -0.3 is 15.4 Å². The molecule has 0 atom stereocenters. The lowest BCUT2D eigenvalue weighted by molar-refractivity contribution is -0.124. The van der Waals surface area contributed by atoms with Gasteiger partial charge in [0.2, 0.25) is 11.8 Å². The Bertz CT molecular complexity index is 903. The fourth-order valence-electron chi connectivity index (χ4n) is 2.70. The molecule has 0 bridgehead atoms. The zero-order valence-electron chi connectivity index (χ0n) is 15.9. The summed E-state index contributed by atoms with van der Waals surface area (Å²) in [4.78, 5) is 23.6. The minimum Gasteiger partial charge on any atom is -0.497 e. The lowest BCUT2D eigenvalue weighted by atomic mass is 10.2. The Morgan fingerprint density at radius 1 is 1.39 bits per heavy atom. The summed E-state index contributed by atoms with van der Waals surface area (Å²) in [6, 6.07) is 7.94. The predicted molar refractivity (Wildman–Crippen MR) is 107 cm³/mol. The maximum Gasteiger partial charge on any atom is 0.244 e. The van der Waals surface area contributed by atoms with Gasteiger partial charge in [0, 0.05) is 17.7 Å². The number of methoxy groups -OCH3 is 1. The van der Waals surface area contributed by atoms with Crippen LogP contribution in [-0.4, -0.2) is 41.3 Å². The van der Waals surface area contributed by atoms with E-state index in [-0.39, 0.29) is 24.4 Å². The number of nitrogens with zero attached hydrogens (tertiary/aromatic N) is 2. The first-order valence-corrected chi connectivity index (χ1v) is 9.45. The van der Waals surface area contributed by atoms with E-state index < -0.39 is 0 Å². The third-order valence-electron chi connectivity index (χ3n) is 4.34. The Labute approximate surface area is 168 Å². The van der Waals surface area contributed by atoms with Crippen LogP contribution in [0.5, 0.6) is 5.75 Å². The number of aryl methyl sites for hydroxylation is 1. The van der Waals surface area contributed by atoms with Crippen LogP contribution in [0.2, 0.25) is 5.15 Å². The molecule has 1 saturated carbocycles. The fourth-order valence-corrected chi connectivity index (χ4v) is 2.99. The van der Waals surface area contributed by atoms with Crippen molar-refractivity contribution in [2.24, 2.45) is 0 Å². The van der Waals surface area contributed by atoms with Crippen LogP contribution in [0.1, 0.15) is 29.7 Å². The molecule has 7 nitrogen and oxygen atoms in total. The SMILES string of the molecule is COc1cccc(Cn2nc(C)c(/C=C/C(=O)NCC(=O)NC3CC3)c2Cl)c1. The van der Waals surface area contributed by atoms with Gasteiger partial charge in [0.05, 0.1) is 25.9 Å². The van der Waals surface area contributed by atoms with E-state index in [0.717, 1.165) is 24.2 Å². The summed E-state index contributed by atoms with van der Waals surface area (Å²) >= 11 is 6.45. The highest BCUT2D eigenvalue weighted by molar-refractivity contribution is 6.31. The van der Waals surface area contributed by atoms with Gasteiger partial charge in [0.15, 0.2) is 0 Å². The van der Waals surface area contributed by atoms with E-state index in [4.69, 9.17) is 16.3 Å². The first-order valence-electron chi connectivity index (χ1n) is 9.07. The van der Waals surface area contributed by atoms with Crippen LogP contribution in [0.3, 0.4) is 0 Å². The van der Waals surface area contributed by atoms with Gasteiger partial charge in [-0.1, -0.05) is 23.7 Å². The number of nitrogens with one attached hydrogen (secondary N) is 2. The standard InChI is InChI=1S/C20H23ClN4O3/c1-13-17(8-9-18(26)22-11-19(27)23-15-6-7-15)20(21)25(24-13)12-14-4-3-5-16(10-14)28-2/h3-5,8-10,15H,6-7,11-12H2,1-2H3,(H,22,26)(H,23,27)/b9-8+. The Morgan fingerprint density at radius 2 is 2.18 bits per heavy atom. The molecule has 148 valence electrons. The average Bonchev–Trinajstić information content (AvgIpc) is 3.45. The second kappa shape index (κ2) is 8.93. The highest BCUT2D eigenvalue weighted by Gasteiger charge is 2.23. The van der Waals surface area contributed by atoms with E-state index in [1.807, 2.05) is 31.2 Å². The van der Waals surface area contributed by atoms with Crippen molar-refractivity contribution in [1.82, 2.24) is 20.4 Å². The van der Waals surface area contributed by atoms with Crippen LogP contribution in [0.25, 0.3) is 6.08 Å². The molecule has 1 heterocycles. The van der Waals surface area contributed by atoms with Gasteiger partial charge in [-0.15, -0.1) is 0 Å². The van der Waals surface area contributed by atoms with Crippen LogP contribution in [0.4, 0.5) is 0 Å². The van der Waals surface area contributed by atoms with Crippen LogP contribution in [-0.2, 0) is 16.1 Å². The largest absolute Gasteiger partial charge is 0.497 e. The van der Waals surface area contributed by atoms with E-state index in [9.17, 15) is 9.59 Å². The number of hydrogen-bond donors (Lipinski definition) is 2. The summed E-state index contributed by atoms with van der Waals surface area (Å²) in [7, 11) is 1.62. The van der Waals surface area contributed by atoms with Crippen LogP contribution in [0.15, 0.2) is 30.3 Å². The molecular formula is C20H23ClN4O3. The van der Waals surface area contributed by atoms with Gasteiger partial charge in [-0.3, -0.25) is 9.59 Å². The fraction of sp³-hybridized carbons (Fsp3) is 0.350. The molecule has 0 unspecified atom stereocenters. The smallest absolute Gasteiger partial charge is 0.244 e. The van der Waals surface area contributed by atoms with Gasteiger partial charge in [-0.05, 0) is 43.5 Å². The van der Waals surface area contributed by atoms with Gasteiger partial charge in [0.25, 0.3) is 0 Å². The van der Waals surface area contributed by atoms with Gasteiger partial charge in [-0.25, -0.2) is 4.68 Å². The number of carbonyl (C=O) groups excluding carboxylic acids is 2. The Balaban J connectivity index is 1.61. The van der Waals surface area contributed by atoms with Crippen molar-refractivity contribution in [2.45, 2.75) is 32.4 Å². The summed E-state index contributed by atoms with van der Waals surface area (Å²) in [5, 5.41) is 10.3. The summed E-state index contributed by atoms with van der Waals surface area (Å²) in [6.07, 6.45) is 4.99. The molecule has 3 rings (SSSR count). The first-order chi connectivity index (χ1) is 13.5. The second-order valence-corrected chi connectivity index (χ2v) is 7.05. The van der Waals surface area contributed by atoms with Crippen molar-refractivity contribution < 1.29 is 14.3 Å². The first kappa shape index (κ1) is 19.9. The van der Waals surface area contributed by atoms with Crippen LogP contribution < -0.4 is 15.4 Å². The lowest BCUT2D eigenvalue weighted by Gasteiger charge is -2.06. The third-order valence-corrected chi connectivity index (χ3v) is 4.74. The molecule has 28 heavy (non-hydrogen) atoms. The zero-order chi connectivity index (χ0) is 20.1. The van der Waals surface area contributed by atoms with E-state index in [2.05, 4.69) is 15.7 Å². The van der Waals surface area contributed by atoms with Crippen molar-refractivity contribution in [1.29, 1.82) is 0 Å². The molecule has 1 aromatic carbocycles. The number of amides is 2. The molecular weight excluding hydrogens is 380 g/mol. The van der Waals surface area contributed by atoms with Gasteiger partial charge in [-0.2, -0.15) is 5.10 Å². The average molecular weight is 403 g/mol. The van der Waals surface area contributed by atoms with Crippen molar-refractivity contribution in [3.8, 4) is 5.75 Å². The minimum atomic E-state index is -0.359. The summed E-state index contributed by atoms with van der Waals surface area (Å²) in [6.45, 7) is 2.27. The lowest BCUT2D eigenvalue weighted by Crippen LogP contribution is -2.37. The van der Waals surface area contributed by atoms with E-state index in [1.165, 1.54) is 6.08 Å². The summed E-state index contributed by atoms with van der Waals surface area (Å²) < 4.78 is 6.91. The molecule has 2 N–H and O–H groups in total. The highest BCUT2D eigenvalue weighted by Crippen LogP contribution is 2.23. The number of ether oxygens (including phenoxy) is 1. The number of aromatic nitrogens is 2. The predicted octanol–water partition coefficient (Wildman–Crippen LogP) is 2.31. The molecule has 2 aromatic rings. The van der Waals surface area contributed by atoms with Gasteiger partial charge in [0.1, 0.15) is 10.9 Å². The van der Waals surface area contributed by atoms with Crippen LogP contribution in [0, 0.1) is 6.92 Å².